The highest BCUT2D eigenvalue weighted by molar-refractivity contribution is 8.00. The van der Waals surface area contributed by atoms with E-state index in [1.807, 2.05) is 40.9 Å². The fourth-order valence-electron chi connectivity index (χ4n) is 4.23. The number of amides is 2. The van der Waals surface area contributed by atoms with Crippen LogP contribution in [0.15, 0.2) is 53.4 Å². The van der Waals surface area contributed by atoms with Gasteiger partial charge in [-0.2, -0.15) is 0 Å². The molecule has 2 aromatic carbocycles. The molecule has 2 fully saturated rings. The van der Waals surface area contributed by atoms with Gasteiger partial charge in [-0.15, -0.1) is 11.8 Å². The number of hydrogen-bond donors (Lipinski definition) is 1. The molecule has 2 amide bonds. The van der Waals surface area contributed by atoms with Gasteiger partial charge in [-0.05, 0) is 55.5 Å². The molecule has 0 radical (unpaired) electrons. The van der Waals surface area contributed by atoms with E-state index >= 15 is 0 Å². The highest BCUT2D eigenvalue weighted by Crippen LogP contribution is 2.39. The summed E-state index contributed by atoms with van der Waals surface area (Å²) in [5, 5.41) is 3.87. The molecular weight excluding hydrogens is 368 g/mol. The molecule has 1 atom stereocenters. The summed E-state index contributed by atoms with van der Waals surface area (Å²) in [6.07, 6.45) is 7.23. The maximum Gasteiger partial charge on any atom is 0.322 e. The van der Waals surface area contributed by atoms with Crippen molar-refractivity contribution in [3.63, 3.8) is 0 Å². The third-order valence-electron chi connectivity index (χ3n) is 5.74. The SMILES string of the molecule is COc1ccc(C2CCCN2C(=O)Nc2ccccc2SC2CCCC2)cc1. The van der Waals surface area contributed by atoms with Crippen LogP contribution < -0.4 is 10.1 Å². The van der Waals surface area contributed by atoms with Crippen LogP contribution in [-0.4, -0.2) is 29.8 Å². The summed E-state index contributed by atoms with van der Waals surface area (Å²) < 4.78 is 5.26. The standard InChI is InChI=1S/C23H28N2O2S/c1-27-18-14-12-17(13-15-18)21-10-6-16-25(21)23(26)24-20-9-4-5-11-22(20)28-19-7-2-3-8-19/h4-5,9,11-15,19,21H,2-3,6-8,10,16H2,1H3,(H,24,26). The quantitative estimate of drug-likeness (QED) is 0.664. The molecule has 1 unspecified atom stereocenters. The van der Waals surface area contributed by atoms with Gasteiger partial charge in [0.2, 0.25) is 0 Å². The van der Waals surface area contributed by atoms with Gasteiger partial charge in [0.1, 0.15) is 5.75 Å². The minimum atomic E-state index is -0.00205. The Balaban J connectivity index is 1.46. The van der Waals surface area contributed by atoms with Gasteiger partial charge in [-0.1, -0.05) is 37.1 Å². The van der Waals surface area contributed by atoms with E-state index in [2.05, 4.69) is 29.6 Å². The molecule has 148 valence electrons. The molecule has 2 aromatic rings. The Kier molecular flexibility index (Phi) is 6.10. The molecule has 0 aromatic heterocycles. The van der Waals surface area contributed by atoms with Crippen molar-refractivity contribution in [3.05, 3.63) is 54.1 Å². The number of nitrogens with zero attached hydrogens (tertiary/aromatic N) is 1. The summed E-state index contributed by atoms with van der Waals surface area (Å²) in [4.78, 5) is 16.2. The lowest BCUT2D eigenvalue weighted by Crippen LogP contribution is -2.34. The van der Waals surface area contributed by atoms with E-state index in [9.17, 15) is 4.79 Å². The van der Waals surface area contributed by atoms with Crippen molar-refractivity contribution in [1.29, 1.82) is 0 Å². The van der Waals surface area contributed by atoms with Crippen LogP contribution in [0.2, 0.25) is 0 Å². The summed E-state index contributed by atoms with van der Waals surface area (Å²) in [5.74, 6) is 0.843. The average Bonchev–Trinajstić information content (AvgIpc) is 3.41. The van der Waals surface area contributed by atoms with E-state index in [1.54, 1.807) is 7.11 Å². The van der Waals surface area contributed by atoms with Gasteiger partial charge < -0.3 is 15.0 Å². The van der Waals surface area contributed by atoms with Crippen LogP contribution in [0.5, 0.6) is 5.75 Å². The van der Waals surface area contributed by atoms with Crippen molar-refractivity contribution < 1.29 is 9.53 Å². The maximum atomic E-state index is 13.1. The van der Waals surface area contributed by atoms with Crippen LogP contribution in [0.1, 0.15) is 50.1 Å². The molecule has 1 aliphatic carbocycles. The Morgan fingerprint density at radius 3 is 2.54 bits per heavy atom. The second-order valence-corrected chi connectivity index (χ2v) is 8.92. The topological polar surface area (TPSA) is 41.6 Å². The molecular formula is C23H28N2O2S. The van der Waals surface area contributed by atoms with Crippen LogP contribution in [0.25, 0.3) is 0 Å². The lowest BCUT2D eigenvalue weighted by molar-refractivity contribution is 0.207. The summed E-state index contributed by atoms with van der Waals surface area (Å²) in [6.45, 7) is 0.792. The molecule has 28 heavy (non-hydrogen) atoms. The summed E-state index contributed by atoms with van der Waals surface area (Å²) >= 11 is 1.92. The van der Waals surface area contributed by atoms with Crippen molar-refractivity contribution in [2.45, 2.75) is 54.7 Å². The number of urea groups is 1. The number of hydrogen-bond acceptors (Lipinski definition) is 3. The van der Waals surface area contributed by atoms with Crippen molar-refractivity contribution in [2.24, 2.45) is 0 Å². The molecule has 1 N–H and O–H groups in total. The van der Waals surface area contributed by atoms with E-state index in [4.69, 9.17) is 4.74 Å². The third kappa shape index (κ3) is 4.30. The fourth-order valence-corrected chi connectivity index (χ4v) is 5.56. The first-order chi connectivity index (χ1) is 13.7. The van der Waals surface area contributed by atoms with Crippen LogP contribution in [0.4, 0.5) is 10.5 Å². The van der Waals surface area contributed by atoms with Crippen LogP contribution in [0.3, 0.4) is 0 Å². The Morgan fingerprint density at radius 2 is 1.79 bits per heavy atom. The monoisotopic (exact) mass is 396 g/mol. The lowest BCUT2D eigenvalue weighted by atomic mass is 10.0. The first-order valence-corrected chi connectivity index (χ1v) is 11.1. The zero-order chi connectivity index (χ0) is 19.3. The molecule has 1 saturated carbocycles. The smallest absolute Gasteiger partial charge is 0.322 e. The van der Waals surface area contributed by atoms with Crippen LogP contribution in [0, 0.1) is 0 Å². The minimum absolute atomic E-state index is 0.00205. The molecule has 1 heterocycles. The van der Waals surface area contributed by atoms with E-state index in [1.165, 1.54) is 36.1 Å². The lowest BCUT2D eigenvalue weighted by Gasteiger charge is -2.26. The summed E-state index contributed by atoms with van der Waals surface area (Å²) in [5.41, 5.74) is 2.10. The van der Waals surface area contributed by atoms with Gasteiger partial charge in [0.05, 0.1) is 18.8 Å². The molecule has 4 rings (SSSR count). The number of methoxy groups -OCH3 is 1. The Morgan fingerprint density at radius 1 is 1.04 bits per heavy atom. The zero-order valence-corrected chi connectivity index (χ0v) is 17.2. The highest BCUT2D eigenvalue weighted by Gasteiger charge is 2.30. The predicted molar refractivity (Wildman–Crippen MR) is 115 cm³/mol. The number of benzene rings is 2. The Bertz CT molecular complexity index is 803. The Hall–Kier alpha value is -2.14. The maximum absolute atomic E-state index is 13.1. The normalized spacial score (nSPS) is 19.8. The van der Waals surface area contributed by atoms with Gasteiger partial charge in [-0.25, -0.2) is 4.79 Å². The van der Waals surface area contributed by atoms with E-state index in [-0.39, 0.29) is 12.1 Å². The fraction of sp³-hybridized carbons (Fsp3) is 0.435. The predicted octanol–water partition coefficient (Wildman–Crippen LogP) is 6.10. The van der Waals surface area contributed by atoms with Crippen molar-refractivity contribution in [3.8, 4) is 5.75 Å². The average molecular weight is 397 g/mol. The van der Waals surface area contributed by atoms with Gasteiger partial charge >= 0.3 is 6.03 Å². The number of ether oxygens (including phenoxy) is 1. The Labute approximate surface area is 171 Å². The summed E-state index contributed by atoms with van der Waals surface area (Å²) in [6, 6.07) is 16.4. The second-order valence-electron chi connectivity index (χ2n) is 7.58. The van der Waals surface area contributed by atoms with Crippen molar-refractivity contribution in [1.82, 2.24) is 4.90 Å². The number of carbonyl (C=O) groups is 1. The molecule has 0 spiro atoms. The van der Waals surface area contributed by atoms with Gasteiger partial charge in [0.25, 0.3) is 0 Å². The highest BCUT2D eigenvalue weighted by atomic mass is 32.2. The molecule has 0 bridgehead atoms. The molecule has 1 saturated heterocycles. The largest absolute Gasteiger partial charge is 0.497 e. The third-order valence-corrected chi connectivity index (χ3v) is 7.15. The van der Waals surface area contributed by atoms with Crippen molar-refractivity contribution >= 4 is 23.5 Å². The number of anilines is 1. The number of thioether (sulfide) groups is 1. The van der Waals surface area contributed by atoms with Crippen LogP contribution >= 0.6 is 11.8 Å². The number of rotatable bonds is 5. The molecule has 4 nitrogen and oxygen atoms in total. The minimum Gasteiger partial charge on any atom is -0.497 e. The molecule has 2 aliphatic rings. The van der Waals surface area contributed by atoms with Gasteiger partial charge in [-0.3, -0.25) is 0 Å². The van der Waals surface area contributed by atoms with E-state index in [0.717, 1.165) is 30.8 Å². The number of para-hydroxylation sites is 1. The van der Waals surface area contributed by atoms with Crippen LogP contribution in [-0.2, 0) is 0 Å². The number of carbonyl (C=O) groups excluding carboxylic acids is 1. The molecule has 5 heteroatoms. The van der Waals surface area contributed by atoms with Crippen molar-refractivity contribution in [2.75, 3.05) is 19.0 Å². The zero-order valence-electron chi connectivity index (χ0n) is 16.4. The molecule has 1 aliphatic heterocycles. The van der Waals surface area contributed by atoms with E-state index in [0.29, 0.717) is 5.25 Å². The number of likely N-dealkylation sites (tertiary alicyclic amines) is 1. The second kappa shape index (κ2) is 8.91. The number of nitrogens with one attached hydrogen (secondary N) is 1. The first kappa shape index (κ1) is 19.2. The van der Waals surface area contributed by atoms with Gasteiger partial charge in [0.15, 0.2) is 0 Å². The van der Waals surface area contributed by atoms with Gasteiger partial charge in [0, 0.05) is 16.7 Å². The first-order valence-electron chi connectivity index (χ1n) is 10.2. The van der Waals surface area contributed by atoms with E-state index < -0.39 is 0 Å². The summed E-state index contributed by atoms with van der Waals surface area (Å²) in [7, 11) is 1.67.